The van der Waals surface area contributed by atoms with Crippen molar-refractivity contribution >= 4 is 56.2 Å². The van der Waals surface area contributed by atoms with Crippen LogP contribution in [0, 0.1) is 13.8 Å². The van der Waals surface area contributed by atoms with Gasteiger partial charge in [0.1, 0.15) is 22.7 Å². The predicted molar refractivity (Wildman–Crippen MR) is 224 cm³/mol. The van der Waals surface area contributed by atoms with Gasteiger partial charge < -0.3 is 27.8 Å². The number of carboxylic acid groups (broad SMARTS) is 1. The number of aryl methyl sites for hydroxylation is 2. The highest BCUT2D eigenvalue weighted by molar-refractivity contribution is 5.89. The van der Waals surface area contributed by atoms with Crippen LogP contribution in [-0.4, -0.2) is 53.2 Å². The van der Waals surface area contributed by atoms with E-state index in [-0.39, 0.29) is 11.5 Å². The second-order valence-corrected chi connectivity index (χ2v) is 14.1. The number of esters is 1. The lowest BCUT2D eigenvalue weighted by Gasteiger charge is -2.08. The number of nitrogens with zero attached hydrogens (tertiary/aromatic N) is 6. The van der Waals surface area contributed by atoms with Crippen molar-refractivity contribution in [3.63, 3.8) is 0 Å². The number of para-hydroxylation sites is 4. The van der Waals surface area contributed by atoms with Crippen molar-refractivity contribution in [2.24, 2.45) is 0 Å². The number of oxazole rings is 2. The fourth-order valence-corrected chi connectivity index (χ4v) is 7.14. The average Bonchev–Trinajstić information content (AvgIpc) is 4.04. The van der Waals surface area contributed by atoms with E-state index in [1.54, 1.807) is 24.3 Å². The number of ether oxygens (including phenoxy) is 1. The van der Waals surface area contributed by atoms with Crippen molar-refractivity contribution in [3.8, 4) is 22.9 Å². The van der Waals surface area contributed by atoms with Crippen LogP contribution in [0.4, 0.5) is 0 Å². The molecular weight excluding hydrogens is 745 g/mol. The van der Waals surface area contributed by atoms with Crippen LogP contribution in [0.5, 0.6) is 0 Å². The number of benzene rings is 6. The number of carbonyl (C=O) groups is 2. The number of methoxy groups -OCH3 is 1. The molecular formula is C47H36N6O6. The third kappa shape index (κ3) is 7.30. The molecule has 12 nitrogen and oxygen atoms in total. The van der Waals surface area contributed by atoms with E-state index >= 15 is 0 Å². The summed E-state index contributed by atoms with van der Waals surface area (Å²) in [6.45, 7) is 5.23. The topological polar surface area (TPSA) is 151 Å². The normalized spacial score (nSPS) is 11.3. The number of carbonyl (C=O) groups excluding carboxylic acids is 1. The third-order valence-corrected chi connectivity index (χ3v) is 10.2. The van der Waals surface area contributed by atoms with Crippen LogP contribution in [-0.2, 0) is 17.8 Å². The second-order valence-electron chi connectivity index (χ2n) is 14.1. The molecule has 0 aliphatic heterocycles. The molecule has 0 aliphatic rings. The Morgan fingerprint density at radius 2 is 1.00 bits per heavy atom. The Balaban J connectivity index is 0.000000152. The van der Waals surface area contributed by atoms with Crippen molar-refractivity contribution in [2.45, 2.75) is 26.9 Å². The van der Waals surface area contributed by atoms with Crippen molar-refractivity contribution < 1.29 is 28.3 Å². The molecule has 0 saturated carbocycles. The maximum Gasteiger partial charge on any atom is 0.337 e. The Morgan fingerprint density at radius 1 is 0.559 bits per heavy atom. The van der Waals surface area contributed by atoms with Gasteiger partial charge in [-0.25, -0.2) is 29.5 Å². The summed E-state index contributed by atoms with van der Waals surface area (Å²) in [7, 11) is 1.38. The minimum atomic E-state index is -0.924. The quantitative estimate of drug-likeness (QED) is 0.148. The smallest absolute Gasteiger partial charge is 0.337 e. The molecule has 0 atom stereocenters. The highest BCUT2D eigenvalue weighted by Gasteiger charge is 2.15. The molecule has 4 heterocycles. The van der Waals surface area contributed by atoms with Crippen molar-refractivity contribution in [2.75, 3.05) is 7.11 Å². The first-order chi connectivity index (χ1) is 28.7. The summed E-state index contributed by atoms with van der Waals surface area (Å²) in [6, 6.07) is 41.8. The summed E-state index contributed by atoms with van der Waals surface area (Å²) < 4.78 is 20.8. The van der Waals surface area contributed by atoms with Gasteiger partial charge >= 0.3 is 11.9 Å². The maximum atomic E-state index is 11.6. The molecule has 12 heteroatoms. The number of hydrogen-bond acceptors (Lipinski definition) is 9. The fraction of sp³-hybridized carbons (Fsp3) is 0.106. The van der Waals surface area contributed by atoms with Crippen molar-refractivity contribution in [3.05, 3.63) is 167 Å². The first-order valence-electron chi connectivity index (χ1n) is 18.9. The molecule has 0 bridgehead atoms. The van der Waals surface area contributed by atoms with Crippen molar-refractivity contribution in [1.29, 1.82) is 0 Å². The molecule has 0 fully saturated rings. The summed E-state index contributed by atoms with van der Waals surface area (Å²) in [5.41, 5.74) is 11.7. The molecule has 6 aromatic carbocycles. The summed E-state index contributed by atoms with van der Waals surface area (Å²) in [5, 5.41) is 9.06. The highest BCUT2D eigenvalue weighted by atomic mass is 16.5. The minimum Gasteiger partial charge on any atom is -0.478 e. The van der Waals surface area contributed by atoms with Gasteiger partial charge in [0, 0.05) is 24.2 Å². The van der Waals surface area contributed by atoms with E-state index in [2.05, 4.69) is 19.1 Å². The molecule has 4 aromatic heterocycles. The summed E-state index contributed by atoms with van der Waals surface area (Å²) >= 11 is 0. The van der Waals surface area contributed by atoms with E-state index in [0.29, 0.717) is 30.4 Å². The number of aromatic carboxylic acids is 1. The van der Waals surface area contributed by atoms with E-state index in [9.17, 15) is 9.59 Å². The van der Waals surface area contributed by atoms with Gasteiger partial charge in [-0.3, -0.25) is 0 Å². The predicted octanol–water partition coefficient (Wildman–Crippen LogP) is 9.89. The van der Waals surface area contributed by atoms with Crippen LogP contribution >= 0.6 is 0 Å². The lowest BCUT2D eigenvalue weighted by atomic mass is 10.1. The highest BCUT2D eigenvalue weighted by Crippen LogP contribution is 2.30. The van der Waals surface area contributed by atoms with E-state index in [1.807, 2.05) is 123 Å². The Hall–Kier alpha value is -7.86. The standard InChI is InChI=1S/C24H19N3O3.C23H17N3O3/c1-15-25-20-13-18(23-26-19-5-3-4-6-22(19)30-23)11-12-21(20)27(15)14-16-7-9-17(10-8-16)24(28)29-2;1-14-24-19-12-17(22-25-18-4-2-3-5-21(18)29-22)10-11-20(19)26(14)13-15-6-8-16(9-7-15)23(27)28/h3-13H,14H2,1-2H3;2-12H,13H2,1H3,(H,27,28). The molecule has 0 saturated heterocycles. The zero-order valence-electron chi connectivity index (χ0n) is 32.3. The zero-order valence-corrected chi connectivity index (χ0v) is 32.3. The molecule has 1 N–H and O–H groups in total. The van der Waals surface area contributed by atoms with Gasteiger partial charge in [0.15, 0.2) is 11.2 Å². The van der Waals surface area contributed by atoms with Gasteiger partial charge in [-0.1, -0.05) is 48.5 Å². The van der Waals surface area contributed by atoms with Gasteiger partial charge in [-0.2, -0.15) is 0 Å². The second kappa shape index (κ2) is 15.2. The Kier molecular flexibility index (Phi) is 9.49. The summed E-state index contributed by atoms with van der Waals surface area (Å²) in [5.74, 6) is 1.70. The lowest BCUT2D eigenvalue weighted by molar-refractivity contribution is 0.0599. The van der Waals surface area contributed by atoms with E-state index < -0.39 is 5.97 Å². The van der Waals surface area contributed by atoms with Gasteiger partial charge in [-0.05, 0) is 110 Å². The van der Waals surface area contributed by atoms with Crippen LogP contribution in [0.15, 0.2) is 142 Å². The molecule has 290 valence electrons. The molecule has 10 aromatic rings. The Labute approximate surface area is 337 Å². The van der Waals surface area contributed by atoms with E-state index in [1.165, 1.54) is 7.11 Å². The van der Waals surface area contributed by atoms with Gasteiger partial charge in [0.2, 0.25) is 11.8 Å². The number of fused-ring (bicyclic) bond motifs is 4. The van der Waals surface area contributed by atoms with Crippen LogP contribution in [0.2, 0.25) is 0 Å². The van der Waals surface area contributed by atoms with Crippen LogP contribution in [0.3, 0.4) is 0 Å². The van der Waals surface area contributed by atoms with Crippen LogP contribution < -0.4 is 0 Å². The fourth-order valence-electron chi connectivity index (χ4n) is 7.14. The SMILES string of the molecule is COC(=O)c1ccc(Cn2c(C)nc3cc(-c4nc5ccccc5o4)ccc32)cc1.Cc1nc2cc(-c3nc4ccccc4o3)ccc2n1Cc1ccc(C(=O)O)cc1. The summed E-state index contributed by atoms with van der Waals surface area (Å²) in [4.78, 5) is 41.2. The molecule has 0 spiro atoms. The number of aromatic nitrogens is 6. The van der Waals surface area contributed by atoms with Crippen molar-refractivity contribution in [1.82, 2.24) is 29.1 Å². The number of imidazole rings is 2. The average molecular weight is 781 g/mol. The molecule has 0 radical (unpaired) electrons. The van der Waals surface area contributed by atoms with E-state index in [0.717, 1.165) is 78.2 Å². The lowest BCUT2D eigenvalue weighted by Crippen LogP contribution is -2.04. The van der Waals surface area contributed by atoms with Crippen LogP contribution in [0.25, 0.3) is 67.2 Å². The monoisotopic (exact) mass is 780 g/mol. The zero-order chi connectivity index (χ0) is 40.6. The Bertz CT molecular complexity index is 3110. The largest absolute Gasteiger partial charge is 0.478 e. The summed E-state index contributed by atoms with van der Waals surface area (Å²) in [6.07, 6.45) is 0. The van der Waals surface area contributed by atoms with Gasteiger partial charge in [-0.15, -0.1) is 0 Å². The molecule has 10 rings (SSSR count). The number of rotatable bonds is 8. The van der Waals surface area contributed by atoms with Crippen LogP contribution in [0.1, 0.15) is 43.5 Å². The first-order valence-corrected chi connectivity index (χ1v) is 18.9. The number of hydrogen-bond donors (Lipinski definition) is 1. The van der Waals surface area contributed by atoms with Gasteiger partial charge in [0.25, 0.3) is 0 Å². The molecule has 0 amide bonds. The van der Waals surface area contributed by atoms with Gasteiger partial charge in [0.05, 0.1) is 40.3 Å². The Morgan fingerprint density at radius 3 is 1.42 bits per heavy atom. The molecule has 59 heavy (non-hydrogen) atoms. The molecule has 0 unspecified atom stereocenters. The minimum absolute atomic E-state index is 0.281. The third-order valence-electron chi connectivity index (χ3n) is 10.2. The number of carboxylic acids is 1. The van der Waals surface area contributed by atoms with E-state index in [4.69, 9.17) is 28.6 Å². The molecule has 0 aliphatic carbocycles. The maximum absolute atomic E-state index is 11.6. The first kappa shape index (κ1) is 36.8.